The lowest BCUT2D eigenvalue weighted by molar-refractivity contribution is -0.137. The van der Waals surface area contributed by atoms with E-state index in [-0.39, 0.29) is 5.91 Å². The largest absolute Gasteiger partial charge is 0.463 e. The predicted octanol–water partition coefficient (Wildman–Crippen LogP) is 6.79. The van der Waals surface area contributed by atoms with Gasteiger partial charge in [0, 0.05) is 54.6 Å². The topological polar surface area (TPSA) is 85.1 Å². The van der Waals surface area contributed by atoms with E-state index in [4.69, 9.17) is 25.5 Å². The SMILES string of the molecule is CCOC(=O)/C=C/c1oc2cc(Cl)c(Oc3ccncc3C(=O)N3CCN(C4CC4)c4ccccc43)cc2c1C. The molecule has 0 saturated heterocycles. The summed E-state index contributed by atoms with van der Waals surface area (Å²) in [6, 6.07) is 13.7. The molecule has 0 bridgehead atoms. The molecule has 3 heterocycles. The van der Waals surface area contributed by atoms with Crippen molar-refractivity contribution in [2.24, 2.45) is 0 Å². The number of hydrogen-bond donors (Lipinski definition) is 0. The van der Waals surface area contributed by atoms with Crippen molar-refractivity contribution in [2.45, 2.75) is 32.7 Å². The summed E-state index contributed by atoms with van der Waals surface area (Å²) in [6.45, 7) is 5.27. The second-order valence-corrected chi connectivity index (χ2v) is 10.2. The van der Waals surface area contributed by atoms with Gasteiger partial charge in [-0.2, -0.15) is 0 Å². The zero-order chi connectivity index (χ0) is 27.8. The summed E-state index contributed by atoms with van der Waals surface area (Å²) in [6.07, 6.45) is 8.38. The molecule has 2 aliphatic rings. The van der Waals surface area contributed by atoms with Gasteiger partial charge in [0.2, 0.25) is 0 Å². The highest BCUT2D eigenvalue weighted by Gasteiger charge is 2.36. The van der Waals surface area contributed by atoms with Crippen molar-refractivity contribution in [2.75, 3.05) is 29.5 Å². The minimum Gasteiger partial charge on any atom is -0.463 e. The third-order valence-corrected chi connectivity index (χ3v) is 7.49. The summed E-state index contributed by atoms with van der Waals surface area (Å²) in [5.41, 5.74) is 3.67. The first-order valence-corrected chi connectivity index (χ1v) is 13.7. The van der Waals surface area contributed by atoms with Gasteiger partial charge in [0.15, 0.2) is 0 Å². The number of pyridine rings is 1. The number of amides is 1. The van der Waals surface area contributed by atoms with Crippen LogP contribution in [0.15, 0.2) is 65.4 Å². The molecule has 1 aliphatic heterocycles. The molecule has 1 fully saturated rings. The summed E-state index contributed by atoms with van der Waals surface area (Å²) in [4.78, 5) is 34.0. The second-order valence-electron chi connectivity index (χ2n) is 9.80. The van der Waals surface area contributed by atoms with E-state index in [9.17, 15) is 9.59 Å². The molecule has 6 rings (SSSR count). The minimum atomic E-state index is -0.448. The Morgan fingerprint density at radius 1 is 1.12 bits per heavy atom. The molecule has 0 spiro atoms. The Hall–Kier alpha value is -4.30. The molecule has 204 valence electrons. The number of esters is 1. The maximum Gasteiger partial charge on any atom is 0.330 e. The smallest absolute Gasteiger partial charge is 0.330 e. The number of aryl methyl sites for hydroxylation is 1. The molecular formula is C31H28ClN3O5. The molecular weight excluding hydrogens is 530 g/mol. The van der Waals surface area contributed by atoms with Crippen LogP contribution >= 0.6 is 11.6 Å². The third-order valence-electron chi connectivity index (χ3n) is 7.20. The van der Waals surface area contributed by atoms with Crippen LogP contribution in [0, 0.1) is 6.92 Å². The fourth-order valence-corrected chi connectivity index (χ4v) is 5.26. The first kappa shape index (κ1) is 26.0. The Kier molecular flexibility index (Phi) is 6.94. The van der Waals surface area contributed by atoms with Crippen molar-refractivity contribution in [3.8, 4) is 11.5 Å². The van der Waals surface area contributed by atoms with Crippen LogP contribution in [-0.2, 0) is 9.53 Å². The first-order chi connectivity index (χ1) is 19.4. The quantitative estimate of drug-likeness (QED) is 0.183. The van der Waals surface area contributed by atoms with Crippen LogP contribution in [0.4, 0.5) is 11.4 Å². The molecule has 2 aromatic heterocycles. The van der Waals surface area contributed by atoms with Crippen LogP contribution in [0.2, 0.25) is 5.02 Å². The highest BCUT2D eigenvalue weighted by molar-refractivity contribution is 6.32. The Balaban J connectivity index is 1.30. The monoisotopic (exact) mass is 557 g/mol. The van der Waals surface area contributed by atoms with Crippen LogP contribution in [0.5, 0.6) is 11.5 Å². The van der Waals surface area contributed by atoms with E-state index in [0.29, 0.717) is 52.6 Å². The van der Waals surface area contributed by atoms with Crippen molar-refractivity contribution >= 4 is 51.9 Å². The maximum atomic E-state index is 13.9. The van der Waals surface area contributed by atoms with Crippen molar-refractivity contribution in [1.29, 1.82) is 0 Å². The molecule has 40 heavy (non-hydrogen) atoms. The molecule has 0 radical (unpaired) electrons. The second kappa shape index (κ2) is 10.7. The molecule has 2 aromatic carbocycles. The zero-order valence-electron chi connectivity index (χ0n) is 22.2. The van der Waals surface area contributed by atoms with Gasteiger partial charge in [-0.05, 0) is 57.0 Å². The van der Waals surface area contributed by atoms with Gasteiger partial charge in [0.25, 0.3) is 5.91 Å². The van der Waals surface area contributed by atoms with Gasteiger partial charge in [-0.25, -0.2) is 4.79 Å². The Morgan fingerprint density at radius 2 is 1.93 bits per heavy atom. The molecule has 0 atom stereocenters. The number of carbonyl (C=O) groups excluding carboxylic acids is 2. The molecule has 1 saturated carbocycles. The Labute approximate surface area is 236 Å². The molecule has 4 aromatic rings. The molecule has 0 N–H and O–H groups in total. The average Bonchev–Trinajstić information content (AvgIpc) is 3.76. The molecule has 9 heteroatoms. The normalized spacial score (nSPS) is 15.0. The molecule has 1 amide bonds. The van der Waals surface area contributed by atoms with Gasteiger partial charge in [-0.3, -0.25) is 9.78 Å². The minimum absolute atomic E-state index is 0.186. The van der Waals surface area contributed by atoms with Gasteiger partial charge in [0.1, 0.15) is 28.4 Å². The number of ether oxygens (including phenoxy) is 2. The average molecular weight is 558 g/mol. The van der Waals surface area contributed by atoms with E-state index in [0.717, 1.165) is 28.9 Å². The van der Waals surface area contributed by atoms with Gasteiger partial charge < -0.3 is 23.7 Å². The van der Waals surface area contributed by atoms with Crippen molar-refractivity contribution < 1.29 is 23.5 Å². The number of para-hydroxylation sites is 2. The number of carbonyl (C=O) groups is 2. The van der Waals surface area contributed by atoms with E-state index in [1.54, 1.807) is 42.3 Å². The Morgan fingerprint density at radius 3 is 2.70 bits per heavy atom. The lowest BCUT2D eigenvalue weighted by Gasteiger charge is -2.38. The van der Waals surface area contributed by atoms with Crippen molar-refractivity contribution in [3.05, 3.63) is 82.8 Å². The third kappa shape index (κ3) is 4.91. The fraction of sp³-hybridized carbons (Fsp3) is 0.258. The highest BCUT2D eigenvalue weighted by atomic mass is 35.5. The van der Waals surface area contributed by atoms with Gasteiger partial charge in [-0.1, -0.05) is 23.7 Å². The van der Waals surface area contributed by atoms with Crippen molar-refractivity contribution in [1.82, 2.24) is 4.98 Å². The zero-order valence-corrected chi connectivity index (χ0v) is 23.0. The van der Waals surface area contributed by atoms with E-state index in [2.05, 4.69) is 16.0 Å². The number of benzene rings is 2. The lowest BCUT2D eigenvalue weighted by atomic mass is 10.1. The summed E-state index contributed by atoms with van der Waals surface area (Å²) in [7, 11) is 0. The Bertz CT molecular complexity index is 1640. The van der Waals surface area contributed by atoms with Crippen LogP contribution in [-0.4, -0.2) is 42.6 Å². The number of aromatic nitrogens is 1. The summed E-state index contributed by atoms with van der Waals surface area (Å²) in [5, 5.41) is 1.09. The van der Waals surface area contributed by atoms with Gasteiger partial charge in [0.05, 0.1) is 23.0 Å². The van der Waals surface area contributed by atoms with Gasteiger partial charge >= 0.3 is 5.97 Å². The summed E-state index contributed by atoms with van der Waals surface area (Å²) in [5.74, 6) is 0.607. The summed E-state index contributed by atoms with van der Waals surface area (Å²) >= 11 is 6.59. The maximum absolute atomic E-state index is 13.9. The van der Waals surface area contributed by atoms with Crippen LogP contribution in [0.25, 0.3) is 17.0 Å². The number of fused-ring (bicyclic) bond motifs is 2. The number of halogens is 1. The summed E-state index contributed by atoms with van der Waals surface area (Å²) < 4.78 is 17.1. The number of hydrogen-bond acceptors (Lipinski definition) is 7. The van der Waals surface area contributed by atoms with Crippen LogP contribution in [0.3, 0.4) is 0 Å². The van der Waals surface area contributed by atoms with E-state index in [1.165, 1.54) is 25.1 Å². The number of rotatable bonds is 7. The standard InChI is InChI=1S/C31H28ClN3O5/c1-3-38-30(36)11-10-26-19(2)21-16-29(23(32)17-28(21)39-26)40-27-12-13-33-18-22(27)31(37)35-15-14-34(20-8-9-20)24-6-4-5-7-25(24)35/h4-7,10-13,16-18,20H,3,8-9,14-15H2,1-2H3/b11-10+. The van der Waals surface area contributed by atoms with E-state index >= 15 is 0 Å². The molecule has 8 nitrogen and oxygen atoms in total. The van der Waals surface area contributed by atoms with Gasteiger partial charge in [-0.15, -0.1) is 0 Å². The predicted molar refractivity (Wildman–Crippen MR) is 154 cm³/mol. The number of nitrogens with zero attached hydrogens (tertiary/aromatic N) is 3. The number of anilines is 2. The molecule has 0 unspecified atom stereocenters. The van der Waals surface area contributed by atoms with E-state index < -0.39 is 5.97 Å². The van der Waals surface area contributed by atoms with Crippen LogP contribution < -0.4 is 14.5 Å². The number of furan rings is 1. The first-order valence-electron chi connectivity index (χ1n) is 13.3. The fourth-order valence-electron chi connectivity index (χ4n) is 5.07. The molecule has 1 aliphatic carbocycles. The van der Waals surface area contributed by atoms with Crippen molar-refractivity contribution in [3.63, 3.8) is 0 Å². The lowest BCUT2D eigenvalue weighted by Crippen LogP contribution is -2.45. The van der Waals surface area contributed by atoms with E-state index in [1.807, 2.05) is 25.1 Å². The highest BCUT2D eigenvalue weighted by Crippen LogP contribution is 2.42. The van der Waals surface area contributed by atoms with Crippen LogP contribution in [0.1, 0.15) is 41.4 Å².